The Labute approximate surface area is 165 Å². The van der Waals surface area contributed by atoms with Crippen molar-refractivity contribution in [1.82, 2.24) is 14.8 Å². The summed E-state index contributed by atoms with van der Waals surface area (Å²) in [4.78, 5) is 13.1. The smallest absolute Gasteiger partial charge is 0.192 e. The summed E-state index contributed by atoms with van der Waals surface area (Å²) in [5.41, 5.74) is 0.465. The monoisotopic (exact) mass is 401 g/mol. The molecule has 1 aromatic carbocycles. The van der Waals surface area contributed by atoms with Gasteiger partial charge in [-0.2, -0.15) is 0 Å². The molecular weight excluding hydrogens is 381 g/mol. The van der Waals surface area contributed by atoms with Crippen molar-refractivity contribution in [1.29, 1.82) is 0 Å². The summed E-state index contributed by atoms with van der Waals surface area (Å²) < 4.78 is 16.5. The molecule has 0 spiro atoms. The van der Waals surface area contributed by atoms with Crippen molar-refractivity contribution in [2.45, 2.75) is 43.3 Å². The summed E-state index contributed by atoms with van der Waals surface area (Å²) in [6.07, 6.45) is 5.60. The highest BCUT2D eigenvalue weighted by atomic mass is 32.2. The van der Waals surface area contributed by atoms with Crippen LogP contribution in [0.1, 0.15) is 47.8 Å². The average molecular weight is 402 g/mol. The van der Waals surface area contributed by atoms with E-state index in [1.165, 1.54) is 35.6 Å². The van der Waals surface area contributed by atoms with E-state index in [1.54, 1.807) is 12.1 Å². The van der Waals surface area contributed by atoms with E-state index >= 15 is 0 Å². The lowest BCUT2D eigenvalue weighted by Gasteiger charge is -2.25. The molecule has 0 aliphatic heterocycles. The number of halogens is 1. The van der Waals surface area contributed by atoms with E-state index in [-0.39, 0.29) is 17.6 Å². The van der Waals surface area contributed by atoms with Gasteiger partial charge in [0.15, 0.2) is 16.8 Å². The number of carbonyl (C=O) groups excluding carboxylic acids is 1. The number of rotatable bonds is 6. The number of Topliss-reactive ketones (excluding diaryl/α,β-unsaturated/α-hetero) is 1. The van der Waals surface area contributed by atoms with E-state index in [0.29, 0.717) is 22.3 Å². The first-order chi connectivity index (χ1) is 13.2. The van der Waals surface area contributed by atoms with Crippen molar-refractivity contribution in [3.05, 3.63) is 52.5 Å². The molecule has 0 bridgehead atoms. The molecule has 1 aliphatic rings. The third-order valence-corrected chi connectivity index (χ3v) is 6.70. The molecule has 1 saturated carbocycles. The van der Waals surface area contributed by atoms with Crippen LogP contribution < -0.4 is 0 Å². The van der Waals surface area contributed by atoms with Gasteiger partial charge in [-0.3, -0.25) is 9.36 Å². The number of ketones is 1. The van der Waals surface area contributed by atoms with Gasteiger partial charge >= 0.3 is 0 Å². The topological polar surface area (TPSA) is 47.8 Å². The van der Waals surface area contributed by atoms with E-state index in [9.17, 15) is 9.18 Å². The summed E-state index contributed by atoms with van der Waals surface area (Å²) in [6, 6.07) is 10.6. The lowest BCUT2D eigenvalue weighted by atomic mass is 9.95. The highest BCUT2D eigenvalue weighted by Crippen LogP contribution is 2.36. The van der Waals surface area contributed by atoms with Crippen molar-refractivity contribution in [2.75, 3.05) is 5.75 Å². The fraction of sp³-hybridized carbons (Fsp3) is 0.350. The zero-order chi connectivity index (χ0) is 18.6. The Kier molecular flexibility index (Phi) is 5.69. The van der Waals surface area contributed by atoms with Crippen LogP contribution in [-0.4, -0.2) is 26.3 Å². The average Bonchev–Trinajstić information content (AvgIpc) is 3.37. The second kappa shape index (κ2) is 8.35. The van der Waals surface area contributed by atoms with E-state index in [0.717, 1.165) is 30.6 Å². The van der Waals surface area contributed by atoms with Crippen molar-refractivity contribution in [3.8, 4) is 11.4 Å². The van der Waals surface area contributed by atoms with Crippen molar-refractivity contribution in [2.24, 2.45) is 0 Å². The van der Waals surface area contributed by atoms with Gasteiger partial charge in [-0.25, -0.2) is 4.39 Å². The van der Waals surface area contributed by atoms with Crippen LogP contribution in [0, 0.1) is 5.82 Å². The maximum absolute atomic E-state index is 14.4. The quantitative estimate of drug-likeness (QED) is 0.397. The third kappa shape index (κ3) is 3.99. The maximum Gasteiger partial charge on any atom is 0.192 e. The zero-order valence-corrected chi connectivity index (χ0v) is 16.4. The number of thioether (sulfide) groups is 1. The number of benzene rings is 1. The van der Waals surface area contributed by atoms with Crippen LogP contribution >= 0.6 is 23.1 Å². The number of hydrogen-bond acceptors (Lipinski definition) is 5. The molecule has 4 rings (SSSR count). The molecule has 2 aromatic heterocycles. The van der Waals surface area contributed by atoms with Crippen LogP contribution in [0.4, 0.5) is 4.39 Å². The maximum atomic E-state index is 14.4. The minimum atomic E-state index is -0.298. The molecule has 1 fully saturated rings. The molecule has 0 saturated heterocycles. The van der Waals surface area contributed by atoms with Crippen LogP contribution in [0.15, 0.2) is 46.9 Å². The van der Waals surface area contributed by atoms with E-state index < -0.39 is 0 Å². The van der Waals surface area contributed by atoms with Crippen LogP contribution in [0.5, 0.6) is 0 Å². The summed E-state index contributed by atoms with van der Waals surface area (Å²) >= 11 is 2.84. The first-order valence-electron chi connectivity index (χ1n) is 9.13. The van der Waals surface area contributed by atoms with Gasteiger partial charge in [0.1, 0.15) is 5.82 Å². The Morgan fingerprint density at radius 3 is 2.70 bits per heavy atom. The molecule has 4 nitrogen and oxygen atoms in total. The van der Waals surface area contributed by atoms with Crippen molar-refractivity contribution < 1.29 is 9.18 Å². The fourth-order valence-electron chi connectivity index (χ4n) is 3.51. The van der Waals surface area contributed by atoms with Crippen LogP contribution in [0.25, 0.3) is 11.4 Å². The van der Waals surface area contributed by atoms with Gasteiger partial charge in [0.25, 0.3) is 0 Å². The summed E-state index contributed by atoms with van der Waals surface area (Å²) in [5.74, 6) is 0.655. The second-order valence-electron chi connectivity index (χ2n) is 6.64. The molecule has 0 N–H and O–H groups in total. The lowest BCUT2D eigenvalue weighted by molar-refractivity contribution is 0.102. The highest BCUT2D eigenvalue weighted by Gasteiger charge is 2.25. The van der Waals surface area contributed by atoms with Crippen LogP contribution in [0.3, 0.4) is 0 Å². The predicted octanol–water partition coefficient (Wildman–Crippen LogP) is 5.63. The molecule has 7 heteroatoms. The lowest BCUT2D eigenvalue weighted by Crippen LogP contribution is -2.16. The van der Waals surface area contributed by atoms with Gasteiger partial charge in [-0.15, -0.1) is 21.5 Å². The van der Waals surface area contributed by atoms with Crippen molar-refractivity contribution >= 4 is 28.9 Å². The number of carbonyl (C=O) groups is 1. The van der Waals surface area contributed by atoms with E-state index in [1.807, 2.05) is 23.6 Å². The Bertz CT molecular complexity index is 917. The van der Waals surface area contributed by atoms with Gasteiger partial charge in [-0.05, 0) is 36.4 Å². The third-order valence-electron chi connectivity index (χ3n) is 4.85. The van der Waals surface area contributed by atoms with Gasteiger partial charge in [0, 0.05) is 6.04 Å². The molecular formula is C20H20FN3OS2. The number of aromatic nitrogens is 3. The SMILES string of the molecule is O=C(CSc1nnc(-c2ccccc2F)n1C1CCCCC1)c1cccs1. The zero-order valence-electron chi connectivity index (χ0n) is 14.8. The standard InChI is InChI=1S/C20H20FN3OS2/c21-16-10-5-4-9-15(16)19-22-23-20(24(19)14-7-2-1-3-8-14)27-13-17(25)18-11-6-12-26-18/h4-6,9-12,14H,1-3,7-8,13H2. The van der Waals surface area contributed by atoms with E-state index in [2.05, 4.69) is 14.8 Å². The Morgan fingerprint density at radius 2 is 1.96 bits per heavy atom. The predicted molar refractivity (Wildman–Crippen MR) is 107 cm³/mol. The first-order valence-corrected chi connectivity index (χ1v) is 11.0. The molecule has 27 heavy (non-hydrogen) atoms. The molecule has 140 valence electrons. The molecule has 3 aromatic rings. The number of nitrogens with zero attached hydrogens (tertiary/aromatic N) is 3. The Hall–Kier alpha value is -1.99. The molecule has 2 heterocycles. The molecule has 0 amide bonds. The first kappa shape index (κ1) is 18.4. The largest absolute Gasteiger partial charge is 0.299 e. The highest BCUT2D eigenvalue weighted by molar-refractivity contribution is 7.99. The van der Waals surface area contributed by atoms with Gasteiger partial charge < -0.3 is 0 Å². The molecule has 1 aliphatic carbocycles. The van der Waals surface area contributed by atoms with E-state index in [4.69, 9.17) is 0 Å². The fourth-order valence-corrected chi connectivity index (χ4v) is 5.15. The Morgan fingerprint density at radius 1 is 1.15 bits per heavy atom. The Balaban J connectivity index is 1.64. The normalized spacial score (nSPS) is 15.1. The van der Waals surface area contributed by atoms with Gasteiger partial charge in [0.2, 0.25) is 0 Å². The van der Waals surface area contributed by atoms with Crippen LogP contribution in [0.2, 0.25) is 0 Å². The molecule has 0 atom stereocenters. The summed E-state index contributed by atoms with van der Waals surface area (Å²) in [6.45, 7) is 0. The van der Waals surface area contributed by atoms with Crippen molar-refractivity contribution in [3.63, 3.8) is 0 Å². The molecule has 0 radical (unpaired) electrons. The van der Waals surface area contributed by atoms with Gasteiger partial charge in [-0.1, -0.05) is 49.2 Å². The summed E-state index contributed by atoms with van der Waals surface area (Å²) in [7, 11) is 0. The second-order valence-corrected chi connectivity index (χ2v) is 8.53. The summed E-state index contributed by atoms with van der Waals surface area (Å²) in [5, 5.41) is 11.2. The van der Waals surface area contributed by atoms with Crippen LogP contribution in [-0.2, 0) is 0 Å². The number of thiophene rings is 1. The minimum absolute atomic E-state index is 0.0839. The van der Waals surface area contributed by atoms with Gasteiger partial charge in [0.05, 0.1) is 16.2 Å². The minimum Gasteiger partial charge on any atom is -0.299 e. The number of hydrogen-bond donors (Lipinski definition) is 0. The molecule has 0 unspecified atom stereocenters.